The van der Waals surface area contributed by atoms with Gasteiger partial charge in [-0.1, -0.05) is 11.6 Å². The van der Waals surface area contributed by atoms with E-state index >= 15 is 0 Å². The molecule has 1 aromatic carbocycles. The monoisotopic (exact) mass is 232 g/mol. The third-order valence-electron chi connectivity index (χ3n) is 2.02. The summed E-state index contributed by atoms with van der Waals surface area (Å²) in [5.41, 5.74) is 6.61. The second-order valence-electron chi connectivity index (χ2n) is 3.55. The van der Waals surface area contributed by atoms with E-state index in [-0.39, 0.29) is 5.02 Å². The maximum absolute atomic E-state index is 13.2. The number of nitrogens with zero attached hydrogens (tertiary/aromatic N) is 1. The van der Waals surface area contributed by atoms with Gasteiger partial charge in [0.2, 0.25) is 0 Å². The lowest BCUT2D eigenvalue weighted by molar-refractivity contribution is 0.201. The molecule has 1 unspecified atom stereocenters. The Bertz CT molecular complexity index is 358. The summed E-state index contributed by atoms with van der Waals surface area (Å²) in [6.45, 7) is 2.03. The Labute approximate surface area is 93.3 Å². The van der Waals surface area contributed by atoms with Crippen LogP contribution in [0, 0.1) is 5.82 Å². The number of halogens is 2. The van der Waals surface area contributed by atoms with Crippen LogP contribution in [0.25, 0.3) is 0 Å². The molecule has 15 heavy (non-hydrogen) atoms. The summed E-state index contributed by atoms with van der Waals surface area (Å²) in [6, 6.07) is 2.63. The standard InChI is InChI=1S/C10H14ClFN2O/c1-6(15)5-14(2)10-4-8(12)7(11)3-9(10)13/h3-4,6,15H,5,13H2,1-2H3. The van der Waals surface area contributed by atoms with Crippen LogP contribution in [0.15, 0.2) is 12.1 Å². The molecule has 1 aromatic rings. The molecule has 0 aliphatic carbocycles. The summed E-state index contributed by atoms with van der Waals surface area (Å²) in [4.78, 5) is 1.68. The van der Waals surface area contributed by atoms with E-state index in [0.717, 1.165) is 0 Å². The van der Waals surface area contributed by atoms with Gasteiger partial charge in [0.15, 0.2) is 0 Å². The molecule has 0 bridgehead atoms. The molecule has 3 nitrogen and oxygen atoms in total. The van der Waals surface area contributed by atoms with Gasteiger partial charge < -0.3 is 15.7 Å². The van der Waals surface area contributed by atoms with Crippen molar-refractivity contribution in [3.05, 3.63) is 23.0 Å². The normalized spacial score (nSPS) is 12.6. The third kappa shape index (κ3) is 2.97. The van der Waals surface area contributed by atoms with E-state index in [4.69, 9.17) is 17.3 Å². The first-order valence-electron chi connectivity index (χ1n) is 4.55. The summed E-state index contributed by atoms with van der Waals surface area (Å²) in [5.74, 6) is -0.515. The molecular weight excluding hydrogens is 219 g/mol. The molecule has 0 amide bonds. The van der Waals surface area contributed by atoms with Crippen molar-refractivity contribution >= 4 is 23.0 Å². The maximum Gasteiger partial charge on any atom is 0.144 e. The van der Waals surface area contributed by atoms with Crippen LogP contribution < -0.4 is 10.6 Å². The first kappa shape index (κ1) is 12.1. The Morgan fingerprint density at radius 3 is 2.73 bits per heavy atom. The van der Waals surface area contributed by atoms with Gasteiger partial charge in [0.1, 0.15) is 5.82 Å². The van der Waals surface area contributed by atoms with Gasteiger partial charge in [-0.2, -0.15) is 0 Å². The summed E-state index contributed by atoms with van der Waals surface area (Å²) < 4.78 is 13.2. The molecule has 0 fully saturated rings. The number of likely N-dealkylation sites (N-methyl/N-ethyl adjacent to an activating group) is 1. The Kier molecular flexibility index (Phi) is 3.77. The average Bonchev–Trinajstić information content (AvgIpc) is 2.09. The van der Waals surface area contributed by atoms with E-state index in [1.165, 1.54) is 12.1 Å². The maximum atomic E-state index is 13.2. The lowest BCUT2D eigenvalue weighted by atomic mass is 10.2. The molecule has 0 saturated carbocycles. The zero-order valence-electron chi connectivity index (χ0n) is 8.67. The first-order chi connectivity index (χ1) is 6.91. The molecule has 0 radical (unpaired) electrons. The largest absolute Gasteiger partial charge is 0.397 e. The highest BCUT2D eigenvalue weighted by atomic mass is 35.5. The minimum Gasteiger partial charge on any atom is -0.397 e. The molecule has 0 aromatic heterocycles. The van der Waals surface area contributed by atoms with Gasteiger partial charge in [-0.15, -0.1) is 0 Å². The molecule has 0 aliphatic heterocycles. The summed E-state index contributed by atoms with van der Waals surface area (Å²) in [7, 11) is 1.73. The van der Waals surface area contributed by atoms with Crippen molar-refractivity contribution in [1.29, 1.82) is 0 Å². The molecule has 0 aliphatic rings. The highest BCUT2D eigenvalue weighted by Gasteiger charge is 2.11. The zero-order valence-corrected chi connectivity index (χ0v) is 9.42. The Balaban J connectivity index is 2.98. The lowest BCUT2D eigenvalue weighted by Crippen LogP contribution is -2.27. The minimum atomic E-state index is -0.515. The van der Waals surface area contributed by atoms with Crippen molar-refractivity contribution in [1.82, 2.24) is 0 Å². The van der Waals surface area contributed by atoms with Crippen LogP contribution in [0.5, 0.6) is 0 Å². The summed E-state index contributed by atoms with van der Waals surface area (Å²) in [5, 5.41) is 9.20. The number of nitrogens with two attached hydrogens (primary N) is 1. The quantitative estimate of drug-likeness (QED) is 0.783. The fraction of sp³-hybridized carbons (Fsp3) is 0.400. The number of rotatable bonds is 3. The van der Waals surface area contributed by atoms with E-state index in [1.807, 2.05) is 0 Å². The zero-order chi connectivity index (χ0) is 11.6. The van der Waals surface area contributed by atoms with Crippen LogP contribution >= 0.6 is 11.6 Å². The van der Waals surface area contributed by atoms with Gasteiger partial charge in [-0.25, -0.2) is 4.39 Å². The second-order valence-corrected chi connectivity index (χ2v) is 3.96. The molecular formula is C10H14ClFN2O. The van der Waals surface area contributed by atoms with Crippen LogP contribution in [0.3, 0.4) is 0 Å². The van der Waals surface area contributed by atoms with Gasteiger partial charge in [-0.3, -0.25) is 0 Å². The molecule has 1 atom stereocenters. The van der Waals surface area contributed by atoms with Crippen molar-refractivity contribution in [2.24, 2.45) is 0 Å². The predicted molar refractivity (Wildman–Crippen MR) is 60.8 cm³/mol. The van der Waals surface area contributed by atoms with Crippen molar-refractivity contribution in [3.63, 3.8) is 0 Å². The van der Waals surface area contributed by atoms with E-state index < -0.39 is 11.9 Å². The van der Waals surface area contributed by atoms with Crippen molar-refractivity contribution < 1.29 is 9.50 Å². The SMILES string of the molecule is CC(O)CN(C)c1cc(F)c(Cl)cc1N. The topological polar surface area (TPSA) is 49.5 Å². The van der Waals surface area contributed by atoms with E-state index in [2.05, 4.69) is 0 Å². The predicted octanol–water partition coefficient (Wildman–Crippen LogP) is 1.88. The number of nitrogen functional groups attached to an aromatic ring is 1. The van der Waals surface area contributed by atoms with Crippen LogP contribution in [-0.2, 0) is 0 Å². The number of benzene rings is 1. The number of aliphatic hydroxyl groups excluding tert-OH is 1. The van der Waals surface area contributed by atoms with Gasteiger partial charge in [0.25, 0.3) is 0 Å². The molecule has 1 rings (SSSR count). The van der Waals surface area contributed by atoms with Crippen LogP contribution in [0.1, 0.15) is 6.92 Å². The number of aliphatic hydroxyl groups is 1. The van der Waals surface area contributed by atoms with Crippen LogP contribution in [0.2, 0.25) is 5.02 Å². The fourth-order valence-corrected chi connectivity index (χ4v) is 1.55. The number of anilines is 2. The van der Waals surface area contributed by atoms with Gasteiger partial charge in [0, 0.05) is 19.7 Å². The third-order valence-corrected chi connectivity index (χ3v) is 2.31. The molecule has 0 saturated heterocycles. The Morgan fingerprint density at radius 2 is 2.20 bits per heavy atom. The van der Waals surface area contributed by atoms with Crippen LogP contribution in [-0.4, -0.2) is 24.8 Å². The van der Waals surface area contributed by atoms with E-state index in [0.29, 0.717) is 17.9 Å². The second kappa shape index (κ2) is 4.68. The van der Waals surface area contributed by atoms with Crippen molar-refractivity contribution in [2.45, 2.75) is 13.0 Å². The number of hydrogen-bond acceptors (Lipinski definition) is 3. The molecule has 5 heteroatoms. The van der Waals surface area contributed by atoms with Gasteiger partial charge >= 0.3 is 0 Å². The Morgan fingerprint density at radius 1 is 1.60 bits per heavy atom. The molecule has 0 spiro atoms. The highest BCUT2D eigenvalue weighted by Crippen LogP contribution is 2.28. The summed E-state index contributed by atoms with van der Waals surface area (Å²) >= 11 is 5.57. The van der Waals surface area contributed by atoms with Crippen molar-refractivity contribution in [2.75, 3.05) is 24.2 Å². The first-order valence-corrected chi connectivity index (χ1v) is 4.93. The smallest absolute Gasteiger partial charge is 0.144 e. The van der Waals surface area contributed by atoms with E-state index in [9.17, 15) is 9.50 Å². The molecule has 84 valence electrons. The Hall–Kier alpha value is -1.00. The van der Waals surface area contributed by atoms with E-state index in [1.54, 1.807) is 18.9 Å². The number of hydrogen-bond donors (Lipinski definition) is 2. The van der Waals surface area contributed by atoms with Crippen molar-refractivity contribution in [3.8, 4) is 0 Å². The minimum absolute atomic E-state index is 0.00157. The summed E-state index contributed by atoms with van der Waals surface area (Å²) in [6.07, 6.45) is -0.506. The molecule has 0 heterocycles. The lowest BCUT2D eigenvalue weighted by Gasteiger charge is -2.22. The fourth-order valence-electron chi connectivity index (χ4n) is 1.38. The van der Waals surface area contributed by atoms with Gasteiger partial charge in [-0.05, 0) is 13.0 Å². The van der Waals surface area contributed by atoms with Crippen LogP contribution in [0.4, 0.5) is 15.8 Å². The van der Waals surface area contributed by atoms with Gasteiger partial charge in [0.05, 0.1) is 22.5 Å². The molecule has 3 N–H and O–H groups in total. The highest BCUT2D eigenvalue weighted by molar-refractivity contribution is 6.31. The average molecular weight is 233 g/mol.